The van der Waals surface area contributed by atoms with Crippen LogP contribution in [0.2, 0.25) is 0 Å². The molecule has 230 valence electrons. The van der Waals surface area contributed by atoms with Crippen molar-refractivity contribution >= 4 is 66.7 Å². The van der Waals surface area contributed by atoms with Gasteiger partial charge in [-0.05, 0) is 86.0 Å². The summed E-state index contributed by atoms with van der Waals surface area (Å²) >= 11 is 0. The van der Waals surface area contributed by atoms with Gasteiger partial charge in [-0.3, -0.25) is 0 Å². The number of hydrogen-bond donors (Lipinski definition) is 0. The van der Waals surface area contributed by atoms with E-state index < -0.39 is 0 Å². The van der Waals surface area contributed by atoms with Crippen molar-refractivity contribution in [3.63, 3.8) is 0 Å². The topological polar surface area (TPSA) is 9.86 Å². The molecule has 3 heteroatoms. The van der Waals surface area contributed by atoms with E-state index >= 15 is 0 Å². The molecule has 0 unspecified atom stereocenters. The van der Waals surface area contributed by atoms with Crippen molar-refractivity contribution in [2.45, 2.75) is 26.2 Å². The number of hydrogen-bond acceptors (Lipinski definition) is 0. The molecular formula is C46H33BN2. The summed E-state index contributed by atoms with van der Waals surface area (Å²) in [7, 11) is 0. The number of para-hydroxylation sites is 2. The average Bonchev–Trinajstić information content (AvgIpc) is 3.65. The van der Waals surface area contributed by atoms with Crippen molar-refractivity contribution in [3.05, 3.63) is 151 Å². The van der Waals surface area contributed by atoms with Crippen LogP contribution in [0.1, 0.15) is 26.3 Å². The highest BCUT2D eigenvalue weighted by atomic mass is 15.0. The predicted octanol–water partition coefficient (Wildman–Crippen LogP) is 9.66. The molecule has 0 amide bonds. The van der Waals surface area contributed by atoms with Crippen molar-refractivity contribution in [1.29, 1.82) is 0 Å². The summed E-state index contributed by atoms with van der Waals surface area (Å²) < 4.78 is 5.18. The lowest BCUT2D eigenvalue weighted by atomic mass is 9.34. The van der Waals surface area contributed by atoms with Gasteiger partial charge in [-0.1, -0.05) is 130 Å². The zero-order chi connectivity index (χ0) is 32.6. The molecule has 0 bridgehead atoms. The highest BCUT2D eigenvalue weighted by Gasteiger charge is 2.41. The standard InChI is InChI=1S/C46H33BN2/c1-46(2,3)32-26-41-43-42(27-32)49-40-22-21-30(28-13-6-4-7-14-28)23-35(40)34-18-12-19-37(44(34)49)47(43)38-25-31(29-15-8-5-9-16-29)24-36-33-17-10-11-20-39(33)48(41)45(36)38/h4-27H,1-3H3. The first-order valence-electron chi connectivity index (χ1n) is 17.4. The summed E-state index contributed by atoms with van der Waals surface area (Å²) in [6, 6.07) is 54.7. The van der Waals surface area contributed by atoms with Crippen LogP contribution in [0.25, 0.3) is 77.2 Å². The first-order valence-corrected chi connectivity index (χ1v) is 17.4. The molecule has 2 aliphatic heterocycles. The molecule has 0 saturated carbocycles. The van der Waals surface area contributed by atoms with Crippen molar-refractivity contribution in [1.82, 2.24) is 9.13 Å². The van der Waals surface area contributed by atoms with Crippen molar-refractivity contribution in [3.8, 4) is 33.6 Å². The van der Waals surface area contributed by atoms with Gasteiger partial charge in [-0.2, -0.15) is 0 Å². The van der Waals surface area contributed by atoms with Gasteiger partial charge in [0, 0.05) is 44.0 Å². The fourth-order valence-electron chi connectivity index (χ4n) is 8.99. The van der Waals surface area contributed by atoms with Gasteiger partial charge in [0.05, 0.1) is 11.0 Å². The molecule has 0 atom stereocenters. The maximum absolute atomic E-state index is 2.59. The normalized spacial score (nSPS) is 13.2. The molecule has 0 aliphatic carbocycles. The molecule has 0 radical (unpaired) electrons. The summed E-state index contributed by atoms with van der Waals surface area (Å²) in [6.45, 7) is 7.14. The summed E-state index contributed by atoms with van der Waals surface area (Å²) in [4.78, 5) is 0. The molecule has 2 nitrogen and oxygen atoms in total. The van der Waals surface area contributed by atoms with E-state index in [0.717, 1.165) is 0 Å². The molecule has 49 heavy (non-hydrogen) atoms. The van der Waals surface area contributed by atoms with Crippen molar-refractivity contribution in [2.75, 3.05) is 0 Å². The SMILES string of the molecule is CC(C)(C)c1cc2c3c(c1)-n1c4ccccc4c4cc(-c5ccccc5)cc(c41)B3c1cccc3c4cc(-c5ccccc5)ccc4n-2c13. The number of rotatable bonds is 2. The van der Waals surface area contributed by atoms with E-state index in [4.69, 9.17) is 0 Å². The van der Waals surface area contributed by atoms with Crippen LogP contribution in [0.3, 0.4) is 0 Å². The number of benzene rings is 7. The average molecular weight is 625 g/mol. The highest BCUT2D eigenvalue weighted by molar-refractivity contribution is 7.00. The minimum atomic E-state index is -0.0277. The van der Waals surface area contributed by atoms with E-state index in [1.807, 2.05) is 0 Å². The van der Waals surface area contributed by atoms with Gasteiger partial charge in [0.1, 0.15) is 0 Å². The van der Waals surface area contributed by atoms with Gasteiger partial charge in [-0.25, -0.2) is 0 Å². The lowest BCUT2D eigenvalue weighted by Gasteiger charge is -2.35. The smallest absolute Gasteiger partial charge is 0.252 e. The second-order valence-corrected chi connectivity index (χ2v) is 15.0. The van der Waals surface area contributed by atoms with E-state index in [2.05, 4.69) is 175 Å². The van der Waals surface area contributed by atoms with Crippen LogP contribution >= 0.6 is 0 Å². The second kappa shape index (κ2) is 9.42. The fraction of sp³-hybridized carbons (Fsp3) is 0.0870. The lowest BCUT2D eigenvalue weighted by molar-refractivity contribution is 0.589. The minimum Gasteiger partial charge on any atom is -0.310 e. The Balaban J connectivity index is 1.33. The maximum atomic E-state index is 2.59. The highest BCUT2D eigenvalue weighted by Crippen LogP contribution is 2.42. The predicted molar refractivity (Wildman–Crippen MR) is 209 cm³/mol. The monoisotopic (exact) mass is 624 g/mol. The van der Waals surface area contributed by atoms with Gasteiger partial charge in [0.25, 0.3) is 6.71 Å². The van der Waals surface area contributed by atoms with Crippen molar-refractivity contribution < 1.29 is 0 Å². The van der Waals surface area contributed by atoms with Crippen LogP contribution in [0, 0.1) is 0 Å². The van der Waals surface area contributed by atoms with E-state index in [9.17, 15) is 0 Å². The molecule has 2 aliphatic rings. The third-order valence-corrected chi connectivity index (χ3v) is 11.2. The molecule has 0 N–H and O–H groups in total. The zero-order valence-electron chi connectivity index (χ0n) is 27.8. The number of fused-ring (bicyclic) bond motifs is 10. The van der Waals surface area contributed by atoms with E-state index in [-0.39, 0.29) is 12.1 Å². The Hall–Kier alpha value is -5.80. The quantitative estimate of drug-likeness (QED) is 0.170. The first-order chi connectivity index (χ1) is 24.0. The lowest BCUT2D eigenvalue weighted by Crippen LogP contribution is -2.59. The van der Waals surface area contributed by atoms with Gasteiger partial charge in [0.2, 0.25) is 0 Å². The Kier molecular flexibility index (Phi) is 5.23. The van der Waals surface area contributed by atoms with Crippen LogP contribution in [0.5, 0.6) is 0 Å². The fourth-order valence-corrected chi connectivity index (χ4v) is 8.99. The Morgan fingerprint density at radius 3 is 1.73 bits per heavy atom. The Morgan fingerprint density at radius 1 is 0.429 bits per heavy atom. The molecule has 4 heterocycles. The second-order valence-electron chi connectivity index (χ2n) is 15.0. The Morgan fingerprint density at radius 2 is 1.02 bits per heavy atom. The molecule has 2 aromatic heterocycles. The molecule has 9 aromatic rings. The Bertz CT molecular complexity index is 2850. The summed E-state index contributed by atoms with van der Waals surface area (Å²) in [5, 5.41) is 5.26. The van der Waals surface area contributed by atoms with Crippen LogP contribution in [0.4, 0.5) is 0 Å². The van der Waals surface area contributed by atoms with Crippen LogP contribution < -0.4 is 16.4 Å². The summed E-state index contributed by atoms with van der Waals surface area (Å²) in [6.07, 6.45) is 0. The van der Waals surface area contributed by atoms with E-state index in [1.165, 1.54) is 99.2 Å². The molecule has 11 rings (SSSR count). The molecule has 0 spiro atoms. The number of nitrogens with zero attached hydrogens (tertiary/aromatic N) is 2. The van der Waals surface area contributed by atoms with E-state index in [0.29, 0.717) is 0 Å². The van der Waals surface area contributed by atoms with Crippen molar-refractivity contribution in [2.24, 2.45) is 0 Å². The van der Waals surface area contributed by atoms with Crippen LogP contribution in [-0.4, -0.2) is 15.8 Å². The largest absolute Gasteiger partial charge is 0.310 e. The summed E-state index contributed by atoms with van der Waals surface area (Å²) in [5.41, 5.74) is 18.3. The summed E-state index contributed by atoms with van der Waals surface area (Å²) in [5.74, 6) is 0. The third kappa shape index (κ3) is 3.57. The maximum Gasteiger partial charge on any atom is 0.252 e. The minimum absolute atomic E-state index is 0.0277. The zero-order valence-corrected chi connectivity index (χ0v) is 27.8. The third-order valence-electron chi connectivity index (χ3n) is 11.2. The van der Waals surface area contributed by atoms with Gasteiger partial charge in [0.15, 0.2) is 0 Å². The van der Waals surface area contributed by atoms with Gasteiger partial charge < -0.3 is 9.13 Å². The molecule has 0 saturated heterocycles. The first kappa shape index (κ1) is 27.2. The number of aromatic nitrogens is 2. The Labute approximate surface area is 285 Å². The van der Waals surface area contributed by atoms with E-state index in [1.54, 1.807) is 0 Å². The molecule has 0 fully saturated rings. The molecular weight excluding hydrogens is 591 g/mol. The van der Waals surface area contributed by atoms with Gasteiger partial charge in [-0.15, -0.1) is 0 Å². The van der Waals surface area contributed by atoms with Gasteiger partial charge >= 0.3 is 0 Å². The van der Waals surface area contributed by atoms with Crippen LogP contribution in [0.15, 0.2) is 146 Å². The molecule has 7 aromatic carbocycles. The van der Waals surface area contributed by atoms with Crippen LogP contribution in [-0.2, 0) is 5.41 Å².